The van der Waals surface area contributed by atoms with Crippen LogP contribution in [0.15, 0.2) is 33.5 Å². The van der Waals surface area contributed by atoms with Gasteiger partial charge in [0.1, 0.15) is 5.82 Å². The lowest BCUT2D eigenvalue weighted by Crippen LogP contribution is -1.94. The molecular formula is C13H10FN3OS. The maximum atomic E-state index is 13.4. The number of aromatic nitrogens is 2. The molecule has 2 heterocycles. The van der Waals surface area contributed by atoms with Crippen molar-refractivity contribution in [3.63, 3.8) is 0 Å². The summed E-state index contributed by atoms with van der Waals surface area (Å²) in [5.74, 6) is 0.207. The molecule has 0 radical (unpaired) electrons. The number of hydrogen-bond donors (Lipinski definition) is 1. The highest BCUT2D eigenvalue weighted by Crippen LogP contribution is 2.30. The zero-order valence-electron chi connectivity index (χ0n) is 10.1. The third kappa shape index (κ3) is 2.00. The second-order valence-electron chi connectivity index (χ2n) is 4.09. The first-order valence-electron chi connectivity index (χ1n) is 5.58. The summed E-state index contributed by atoms with van der Waals surface area (Å²) < 4.78 is 18.6. The number of hydrogen-bond acceptors (Lipinski definition) is 5. The Bertz CT molecular complexity index is 735. The summed E-state index contributed by atoms with van der Waals surface area (Å²) >= 11 is 1.57. The molecule has 0 aliphatic carbocycles. The molecule has 6 heteroatoms. The Morgan fingerprint density at radius 1 is 1.26 bits per heavy atom. The summed E-state index contributed by atoms with van der Waals surface area (Å²) in [6.07, 6.45) is 0. The van der Waals surface area contributed by atoms with E-state index in [0.717, 1.165) is 11.1 Å². The van der Waals surface area contributed by atoms with Crippen molar-refractivity contribution >= 4 is 17.0 Å². The van der Waals surface area contributed by atoms with Crippen molar-refractivity contribution < 1.29 is 8.91 Å². The fraction of sp³-hybridized carbons (Fsp3) is 0.0769. The minimum Gasteiger partial charge on any atom is -0.396 e. The topological polar surface area (TPSA) is 64.9 Å². The fourth-order valence-corrected chi connectivity index (χ4v) is 2.58. The first kappa shape index (κ1) is 11.9. The van der Waals surface area contributed by atoms with Crippen molar-refractivity contribution in [2.75, 3.05) is 5.73 Å². The lowest BCUT2D eigenvalue weighted by atomic mass is 10.1. The molecule has 2 N–H and O–H groups in total. The molecule has 1 aromatic carbocycles. The molecule has 0 bridgehead atoms. The van der Waals surface area contributed by atoms with Gasteiger partial charge >= 0.3 is 0 Å². The van der Waals surface area contributed by atoms with Gasteiger partial charge in [0.2, 0.25) is 5.82 Å². The number of aryl methyl sites for hydroxylation is 1. The zero-order valence-corrected chi connectivity index (χ0v) is 10.9. The van der Waals surface area contributed by atoms with E-state index < -0.39 is 5.82 Å². The monoisotopic (exact) mass is 275 g/mol. The molecule has 2 aromatic heterocycles. The number of benzene rings is 1. The number of halogens is 1. The van der Waals surface area contributed by atoms with Crippen LogP contribution in [0.4, 0.5) is 10.1 Å². The quantitative estimate of drug-likeness (QED) is 0.727. The molecule has 0 atom stereocenters. The van der Waals surface area contributed by atoms with Crippen LogP contribution in [0.3, 0.4) is 0 Å². The molecule has 0 aliphatic heterocycles. The third-order valence-corrected chi connectivity index (χ3v) is 3.67. The molecule has 0 saturated heterocycles. The van der Waals surface area contributed by atoms with Gasteiger partial charge in [-0.2, -0.15) is 16.3 Å². The van der Waals surface area contributed by atoms with Crippen LogP contribution >= 0.6 is 11.3 Å². The summed E-state index contributed by atoms with van der Waals surface area (Å²) in [5, 5.41) is 7.85. The molecule has 4 nitrogen and oxygen atoms in total. The fourth-order valence-electron chi connectivity index (χ4n) is 1.76. The summed E-state index contributed by atoms with van der Waals surface area (Å²) in [6, 6.07) is 4.50. The Balaban J connectivity index is 2.07. The number of nitrogens with zero attached hydrogens (tertiary/aromatic N) is 2. The lowest BCUT2D eigenvalue weighted by Gasteiger charge is -2.00. The van der Waals surface area contributed by atoms with E-state index in [0.29, 0.717) is 11.4 Å². The first-order valence-corrected chi connectivity index (χ1v) is 6.52. The first-order chi connectivity index (χ1) is 9.16. The average molecular weight is 275 g/mol. The average Bonchev–Trinajstić information content (AvgIpc) is 3.01. The van der Waals surface area contributed by atoms with E-state index in [1.165, 1.54) is 6.07 Å². The minimum atomic E-state index is -0.496. The minimum absolute atomic E-state index is 0.0136. The van der Waals surface area contributed by atoms with Crippen molar-refractivity contribution in [3.05, 3.63) is 40.3 Å². The van der Waals surface area contributed by atoms with Crippen molar-refractivity contribution in [2.24, 2.45) is 0 Å². The van der Waals surface area contributed by atoms with E-state index in [1.807, 2.05) is 17.7 Å². The van der Waals surface area contributed by atoms with Crippen molar-refractivity contribution in [3.8, 4) is 22.8 Å². The van der Waals surface area contributed by atoms with E-state index in [1.54, 1.807) is 23.5 Å². The van der Waals surface area contributed by atoms with Crippen LogP contribution < -0.4 is 5.73 Å². The Morgan fingerprint density at radius 2 is 2.11 bits per heavy atom. The third-order valence-electron chi connectivity index (χ3n) is 2.81. The molecule has 0 fully saturated rings. The highest BCUT2D eigenvalue weighted by molar-refractivity contribution is 7.08. The summed E-state index contributed by atoms with van der Waals surface area (Å²) in [4.78, 5) is 4.27. The van der Waals surface area contributed by atoms with Crippen LogP contribution in [0.2, 0.25) is 0 Å². The predicted octanol–water partition coefficient (Wildman–Crippen LogP) is 3.49. The smallest absolute Gasteiger partial charge is 0.260 e. The van der Waals surface area contributed by atoms with Gasteiger partial charge in [-0.3, -0.25) is 0 Å². The van der Waals surface area contributed by atoms with Crippen LogP contribution in [-0.2, 0) is 0 Å². The highest BCUT2D eigenvalue weighted by atomic mass is 32.1. The van der Waals surface area contributed by atoms with Gasteiger partial charge in [-0.1, -0.05) is 11.2 Å². The number of nitrogens with two attached hydrogens (primary N) is 1. The standard InChI is InChI=1S/C13H10FN3OS/c1-7-5-19-6-9(7)12-16-13(18-17-12)8-3-2-4-10(14)11(8)15/h2-6H,15H2,1H3. The summed E-state index contributed by atoms with van der Waals surface area (Å²) in [6.45, 7) is 1.97. The maximum absolute atomic E-state index is 13.4. The normalized spacial score (nSPS) is 10.8. The Kier molecular flexibility index (Phi) is 2.79. The molecule has 0 saturated carbocycles. The van der Waals surface area contributed by atoms with E-state index in [-0.39, 0.29) is 11.6 Å². The van der Waals surface area contributed by atoms with E-state index in [4.69, 9.17) is 10.3 Å². The van der Waals surface area contributed by atoms with Gasteiger partial charge in [-0.15, -0.1) is 0 Å². The largest absolute Gasteiger partial charge is 0.396 e. The van der Waals surface area contributed by atoms with Gasteiger partial charge in [-0.25, -0.2) is 4.39 Å². The van der Waals surface area contributed by atoms with Crippen LogP contribution in [0.5, 0.6) is 0 Å². The van der Waals surface area contributed by atoms with Crippen LogP contribution in [-0.4, -0.2) is 10.1 Å². The van der Waals surface area contributed by atoms with Gasteiger partial charge in [0, 0.05) is 10.9 Å². The second kappa shape index (κ2) is 4.47. The molecule has 0 aliphatic rings. The maximum Gasteiger partial charge on any atom is 0.260 e. The van der Waals surface area contributed by atoms with E-state index >= 15 is 0 Å². The molecular weight excluding hydrogens is 265 g/mol. The summed E-state index contributed by atoms with van der Waals surface area (Å²) in [7, 11) is 0. The molecule has 19 heavy (non-hydrogen) atoms. The Labute approximate surface area is 112 Å². The second-order valence-corrected chi connectivity index (χ2v) is 4.84. The molecule has 3 rings (SSSR count). The summed E-state index contributed by atoms with van der Waals surface area (Å²) in [5.41, 5.74) is 8.08. The van der Waals surface area contributed by atoms with E-state index in [2.05, 4.69) is 10.1 Å². The highest BCUT2D eigenvalue weighted by Gasteiger charge is 2.16. The number of anilines is 1. The molecule has 96 valence electrons. The molecule has 3 aromatic rings. The van der Waals surface area contributed by atoms with Crippen LogP contribution in [0.25, 0.3) is 22.8 Å². The molecule has 0 spiro atoms. The number of para-hydroxylation sites is 1. The van der Waals surface area contributed by atoms with Crippen molar-refractivity contribution in [1.29, 1.82) is 0 Å². The van der Waals surface area contributed by atoms with Gasteiger partial charge in [0.15, 0.2) is 0 Å². The van der Waals surface area contributed by atoms with Gasteiger partial charge < -0.3 is 10.3 Å². The van der Waals surface area contributed by atoms with Crippen LogP contribution in [0, 0.1) is 12.7 Å². The zero-order chi connectivity index (χ0) is 13.4. The SMILES string of the molecule is Cc1cscc1-c1noc(-c2cccc(F)c2N)n1. The van der Waals surface area contributed by atoms with Gasteiger partial charge in [0.25, 0.3) is 5.89 Å². The number of rotatable bonds is 2. The lowest BCUT2D eigenvalue weighted by molar-refractivity contribution is 0.432. The number of nitrogen functional groups attached to an aromatic ring is 1. The van der Waals surface area contributed by atoms with Gasteiger partial charge in [-0.05, 0) is 30.0 Å². The molecule has 0 amide bonds. The predicted molar refractivity (Wildman–Crippen MR) is 72.2 cm³/mol. The number of thiophene rings is 1. The van der Waals surface area contributed by atoms with Crippen molar-refractivity contribution in [1.82, 2.24) is 10.1 Å². The van der Waals surface area contributed by atoms with Crippen LogP contribution in [0.1, 0.15) is 5.56 Å². The Morgan fingerprint density at radius 3 is 2.84 bits per heavy atom. The van der Waals surface area contributed by atoms with E-state index in [9.17, 15) is 4.39 Å². The Hall–Kier alpha value is -2.21. The van der Waals surface area contributed by atoms with Gasteiger partial charge in [0.05, 0.1) is 11.3 Å². The molecule has 0 unspecified atom stereocenters. The van der Waals surface area contributed by atoms with Crippen molar-refractivity contribution in [2.45, 2.75) is 6.92 Å².